The Morgan fingerprint density at radius 1 is 1.28 bits per heavy atom. The molecule has 0 aliphatic heterocycles. The Hall–Kier alpha value is -2.80. The predicted octanol–water partition coefficient (Wildman–Crippen LogP) is 1.94. The van der Waals surface area contributed by atoms with Crippen LogP contribution in [0.2, 0.25) is 0 Å². The lowest BCUT2D eigenvalue weighted by Crippen LogP contribution is -2.12. The molecule has 0 unspecified atom stereocenters. The highest BCUT2D eigenvalue weighted by Gasteiger charge is 2.07. The van der Waals surface area contributed by atoms with E-state index in [4.69, 9.17) is 11.0 Å². The van der Waals surface area contributed by atoms with Crippen molar-refractivity contribution < 1.29 is 9.90 Å². The van der Waals surface area contributed by atoms with Crippen LogP contribution in [0.5, 0.6) is 5.75 Å². The van der Waals surface area contributed by atoms with E-state index in [1.807, 2.05) is 24.3 Å². The Morgan fingerprint density at radius 3 is 2.44 bits per heavy atom. The molecular formula is C14H10N2O2. The van der Waals surface area contributed by atoms with Gasteiger partial charge >= 0.3 is 0 Å². The number of carbonyl (C=O) groups is 1. The second kappa shape index (κ2) is 4.60. The van der Waals surface area contributed by atoms with Gasteiger partial charge in [0.15, 0.2) is 0 Å². The molecule has 0 atom stereocenters. The van der Waals surface area contributed by atoms with E-state index in [0.717, 1.165) is 10.8 Å². The van der Waals surface area contributed by atoms with E-state index in [2.05, 4.69) is 0 Å². The van der Waals surface area contributed by atoms with Crippen molar-refractivity contribution >= 4 is 22.8 Å². The summed E-state index contributed by atoms with van der Waals surface area (Å²) < 4.78 is 0. The number of nitriles is 1. The van der Waals surface area contributed by atoms with Crippen LogP contribution >= 0.6 is 0 Å². The monoisotopic (exact) mass is 238 g/mol. The highest BCUT2D eigenvalue weighted by atomic mass is 16.3. The first kappa shape index (κ1) is 11.7. The van der Waals surface area contributed by atoms with Gasteiger partial charge in [-0.05, 0) is 29.0 Å². The van der Waals surface area contributed by atoms with E-state index in [1.54, 1.807) is 18.2 Å². The lowest BCUT2D eigenvalue weighted by molar-refractivity contribution is -0.114. The molecule has 1 amide bonds. The molecule has 2 aromatic carbocycles. The van der Waals surface area contributed by atoms with Crippen molar-refractivity contribution in [3.05, 3.63) is 47.5 Å². The maximum atomic E-state index is 11.0. The third-order valence-electron chi connectivity index (χ3n) is 2.58. The first-order valence-corrected chi connectivity index (χ1v) is 5.25. The summed E-state index contributed by atoms with van der Waals surface area (Å²) in [4.78, 5) is 11.0. The van der Waals surface area contributed by atoms with E-state index in [0.29, 0.717) is 5.56 Å². The average Bonchev–Trinajstić information content (AvgIpc) is 2.35. The molecule has 0 radical (unpaired) electrons. The van der Waals surface area contributed by atoms with Gasteiger partial charge in [0.1, 0.15) is 17.4 Å². The molecular weight excluding hydrogens is 228 g/mol. The lowest BCUT2D eigenvalue weighted by atomic mass is 10.0. The number of amides is 1. The van der Waals surface area contributed by atoms with E-state index in [1.165, 1.54) is 6.08 Å². The third-order valence-corrected chi connectivity index (χ3v) is 2.58. The summed E-state index contributed by atoms with van der Waals surface area (Å²) in [5.74, 6) is -0.812. The number of nitrogens with zero attached hydrogens (tertiary/aromatic N) is 1. The number of phenolic OH excluding ortho intramolecular Hbond substituents is 1. The van der Waals surface area contributed by atoms with Crippen molar-refractivity contribution in [2.45, 2.75) is 0 Å². The molecule has 4 nitrogen and oxygen atoms in total. The van der Waals surface area contributed by atoms with Crippen molar-refractivity contribution in [3.8, 4) is 11.8 Å². The molecule has 0 bridgehead atoms. The molecule has 2 rings (SSSR count). The minimum Gasteiger partial charge on any atom is -0.507 e. The van der Waals surface area contributed by atoms with Crippen LogP contribution in [0.4, 0.5) is 0 Å². The Kier molecular flexibility index (Phi) is 2.98. The number of nitrogens with two attached hydrogens (primary N) is 1. The van der Waals surface area contributed by atoms with Crippen LogP contribution in [-0.4, -0.2) is 11.0 Å². The summed E-state index contributed by atoms with van der Waals surface area (Å²) in [5, 5.41) is 20.4. The van der Waals surface area contributed by atoms with Gasteiger partial charge in [-0.1, -0.05) is 24.3 Å². The molecule has 2 aromatic rings. The summed E-state index contributed by atoms with van der Waals surface area (Å²) in [5.41, 5.74) is 5.25. The first-order valence-electron chi connectivity index (χ1n) is 5.25. The van der Waals surface area contributed by atoms with Gasteiger partial charge in [0.05, 0.1) is 0 Å². The largest absolute Gasteiger partial charge is 0.507 e. The molecule has 3 N–H and O–H groups in total. The molecule has 0 fully saturated rings. The van der Waals surface area contributed by atoms with Gasteiger partial charge in [0.2, 0.25) is 0 Å². The summed E-state index contributed by atoms with van der Waals surface area (Å²) in [7, 11) is 0. The quantitative estimate of drug-likeness (QED) is 0.619. The third kappa shape index (κ3) is 2.15. The van der Waals surface area contributed by atoms with Crippen molar-refractivity contribution in [1.29, 1.82) is 5.26 Å². The number of benzene rings is 2. The predicted molar refractivity (Wildman–Crippen MR) is 68.4 cm³/mol. The van der Waals surface area contributed by atoms with E-state index in [-0.39, 0.29) is 11.3 Å². The molecule has 88 valence electrons. The summed E-state index contributed by atoms with van der Waals surface area (Å²) in [6, 6.07) is 12.5. The first-order chi connectivity index (χ1) is 8.61. The maximum absolute atomic E-state index is 11.0. The molecule has 0 aromatic heterocycles. The van der Waals surface area contributed by atoms with Crippen LogP contribution in [0.25, 0.3) is 16.8 Å². The zero-order valence-electron chi connectivity index (χ0n) is 9.42. The van der Waals surface area contributed by atoms with Crippen molar-refractivity contribution in [3.63, 3.8) is 0 Å². The summed E-state index contributed by atoms with van der Waals surface area (Å²) in [6.45, 7) is 0. The van der Waals surface area contributed by atoms with Gasteiger partial charge in [0, 0.05) is 5.56 Å². The number of aromatic hydroxyl groups is 1. The standard InChI is InChI=1S/C14H10N2O2/c15-8-12(14(16)18)6-11-5-9-3-1-2-4-10(9)7-13(11)17/h1-7,17H,(H2,16,18). The van der Waals surface area contributed by atoms with Crippen molar-refractivity contribution in [1.82, 2.24) is 0 Å². The number of hydrogen-bond acceptors (Lipinski definition) is 3. The highest BCUT2D eigenvalue weighted by molar-refractivity contribution is 6.01. The second-order valence-corrected chi connectivity index (χ2v) is 3.79. The van der Waals surface area contributed by atoms with Gasteiger partial charge in [-0.3, -0.25) is 4.79 Å². The summed E-state index contributed by atoms with van der Waals surface area (Å²) >= 11 is 0. The van der Waals surface area contributed by atoms with Gasteiger partial charge in [0.25, 0.3) is 5.91 Å². The number of phenols is 1. The lowest BCUT2D eigenvalue weighted by Gasteiger charge is -2.03. The van der Waals surface area contributed by atoms with E-state index < -0.39 is 5.91 Å². The fourth-order valence-corrected chi connectivity index (χ4v) is 1.68. The van der Waals surface area contributed by atoms with Gasteiger partial charge in [-0.15, -0.1) is 0 Å². The molecule has 0 saturated heterocycles. The highest BCUT2D eigenvalue weighted by Crippen LogP contribution is 2.26. The minimum atomic E-state index is -0.815. The molecule has 4 heteroatoms. The van der Waals surface area contributed by atoms with E-state index >= 15 is 0 Å². The Morgan fingerprint density at radius 2 is 1.89 bits per heavy atom. The Labute approximate surface area is 104 Å². The molecule has 0 spiro atoms. The number of primary amides is 1. The smallest absolute Gasteiger partial charge is 0.259 e. The topological polar surface area (TPSA) is 87.1 Å². The Balaban J connectivity index is 2.62. The molecule has 0 saturated carbocycles. The molecule has 0 heterocycles. The number of rotatable bonds is 2. The fraction of sp³-hybridized carbons (Fsp3) is 0. The van der Waals surface area contributed by atoms with Crippen LogP contribution in [-0.2, 0) is 4.79 Å². The maximum Gasteiger partial charge on any atom is 0.259 e. The van der Waals surface area contributed by atoms with Crippen molar-refractivity contribution in [2.24, 2.45) is 5.73 Å². The number of fused-ring (bicyclic) bond motifs is 1. The SMILES string of the molecule is N#CC(=Cc1cc2ccccc2cc1O)C(N)=O. The molecule has 18 heavy (non-hydrogen) atoms. The number of hydrogen-bond donors (Lipinski definition) is 2. The van der Waals surface area contributed by atoms with Crippen LogP contribution in [0.3, 0.4) is 0 Å². The Bertz CT molecular complexity index is 696. The number of carbonyl (C=O) groups excluding carboxylic acids is 1. The zero-order chi connectivity index (χ0) is 13.1. The zero-order valence-corrected chi connectivity index (χ0v) is 9.42. The summed E-state index contributed by atoms with van der Waals surface area (Å²) in [6.07, 6.45) is 1.28. The normalized spacial score (nSPS) is 11.2. The molecule has 0 aliphatic carbocycles. The molecule has 0 aliphatic rings. The fourth-order valence-electron chi connectivity index (χ4n) is 1.68. The van der Waals surface area contributed by atoms with Crippen LogP contribution in [0, 0.1) is 11.3 Å². The van der Waals surface area contributed by atoms with Crippen LogP contribution in [0.15, 0.2) is 42.0 Å². The minimum absolute atomic E-state index is 0.00250. The average molecular weight is 238 g/mol. The van der Waals surface area contributed by atoms with Crippen LogP contribution < -0.4 is 5.73 Å². The van der Waals surface area contributed by atoms with Gasteiger partial charge in [-0.2, -0.15) is 5.26 Å². The van der Waals surface area contributed by atoms with Crippen molar-refractivity contribution in [2.75, 3.05) is 0 Å². The van der Waals surface area contributed by atoms with Crippen LogP contribution in [0.1, 0.15) is 5.56 Å². The second-order valence-electron chi connectivity index (χ2n) is 3.79. The van der Waals surface area contributed by atoms with Gasteiger partial charge in [-0.25, -0.2) is 0 Å². The van der Waals surface area contributed by atoms with E-state index in [9.17, 15) is 9.90 Å². The van der Waals surface area contributed by atoms with Gasteiger partial charge < -0.3 is 10.8 Å².